The van der Waals surface area contributed by atoms with Crippen molar-refractivity contribution in [1.82, 2.24) is 14.5 Å². The smallest absolute Gasteiger partial charge is 0.203 e. The van der Waals surface area contributed by atoms with Gasteiger partial charge in [-0.2, -0.15) is 0 Å². The van der Waals surface area contributed by atoms with Crippen LogP contribution in [0.25, 0.3) is 0 Å². The molecule has 7 heteroatoms. The van der Waals surface area contributed by atoms with Crippen LogP contribution in [0.5, 0.6) is 17.2 Å². The maximum Gasteiger partial charge on any atom is 0.203 e. The van der Waals surface area contributed by atoms with Gasteiger partial charge in [-0.25, -0.2) is 4.98 Å². The molecule has 0 spiro atoms. The van der Waals surface area contributed by atoms with E-state index in [0.717, 1.165) is 29.4 Å². The number of aromatic nitrogens is 2. The molecule has 0 saturated heterocycles. The molecule has 0 radical (unpaired) electrons. The highest BCUT2D eigenvalue weighted by atomic mass is 16.5. The van der Waals surface area contributed by atoms with Crippen molar-refractivity contribution in [3.8, 4) is 17.2 Å². The maximum absolute atomic E-state index is 5.65. The van der Waals surface area contributed by atoms with Gasteiger partial charge in [0.15, 0.2) is 11.5 Å². The molecule has 0 aliphatic heterocycles. The fraction of sp³-hybridized carbons (Fsp3) is 0.381. The van der Waals surface area contributed by atoms with Crippen molar-refractivity contribution in [3.63, 3.8) is 0 Å². The third kappa shape index (κ3) is 4.14. The molecule has 7 nitrogen and oxygen atoms in total. The van der Waals surface area contributed by atoms with Gasteiger partial charge >= 0.3 is 0 Å². The van der Waals surface area contributed by atoms with Crippen LogP contribution in [0, 0.1) is 6.92 Å². The summed E-state index contributed by atoms with van der Waals surface area (Å²) in [6.07, 6.45) is 3.61. The molecular formula is C21H27N3O4. The van der Waals surface area contributed by atoms with Gasteiger partial charge in [-0.15, -0.1) is 0 Å². The number of nitrogens with zero attached hydrogens (tertiary/aromatic N) is 3. The quantitative estimate of drug-likeness (QED) is 0.561. The standard InChI is InChI=1S/C21H27N3O4/c1-15-22-11-17(23(15)2)13-24(14-18-7-6-10-28-18)12-16-8-9-19(25-3)21(27-5)20(16)26-4/h6-11H,12-14H2,1-5H3. The first-order chi connectivity index (χ1) is 13.6. The SMILES string of the molecule is COc1ccc(CN(Cc2ccco2)Cc2cnc(C)n2C)c(OC)c1OC. The Hall–Kier alpha value is -2.93. The van der Waals surface area contributed by atoms with Crippen molar-refractivity contribution in [3.05, 3.63) is 59.6 Å². The molecule has 0 bridgehead atoms. The lowest BCUT2D eigenvalue weighted by atomic mass is 10.1. The minimum absolute atomic E-state index is 0.594. The van der Waals surface area contributed by atoms with E-state index in [1.807, 2.05) is 44.4 Å². The number of furan rings is 1. The van der Waals surface area contributed by atoms with Crippen molar-refractivity contribution in [2.45, 2.75) is 26.6 Å². The van der Waals surface area contributed by atoms with Crippen LogP contribution in [0.3, 0.4) is 0 Å². The third-order valence-electron chi connectivity index (χ3n) is 4.84. The zero-order chi connectivity index (χ0) is 20.1. The number of benzene rings is 1. The molecule has 0 N–H and O–H groups in total. The van der Waals surface area contributed by atoms with E-state index in [2.05, 4.69) is 14.5 Å². The molecule has 0 aliphatic rings. The minimum Gasteiger partial charge on any atom is -0.493 e. The molecule has 0 aliphatic carbocycles. The molecule has 150 valence electrons. The highest BCUT2D eigenvalue weighted by Crippen LogP contribution is 2.40. The summed E-state index contributed by atoms with van der Waals surface area (Å²) in [4.78, 5) is 6.69. The predicted molar refractivity (Wildman–Crippen MR) is 106 cm³/mol. The van der Waals surface area contributed by atoms with Gasteiger partial charge in [0, 0.05) is 31.9 Å². The van der Waals surface area contributed by atoms with E-state index in [4.69, 9.17) is 18.6 Å². The van der Waals surface area contributed by atoms with Crippen LogP contribution in [-0.2, 0) is 26.7 Å². The molecule has 1 aromatic carbocycles. The van der Waals surface area contributed by atoms with Gasteiger partial charge < -0.3 is 23.2 Å². The van der Waals surface area contributed by atoms with Crippen LogP contribution >= 0.6 is 0 Å². The molecule has 3 aromatic rings. The second kappa shape index (κ2) is 8.84. The van der Waals surface area contributed by atoms with E-state index in [0.29, 0.717) is 30.3 Å². The monoisotopic (exact) mass is 385 g/mol. The van der Waals surface area contributed by atoms with Crippen molar-refractivity contribution >= 4 is 0 Å². The van der Waals surface area contributed by atoms with Gasteiger partial charge in [-0.05, 0) is 25.1 Å². The Bertz CT molecular complexity index is 903. The predicted octanol–water partition coefficient (Wildman–Crippen LogP) is 3.55. The zero-order valence-electron chi connectivity index (χ0n) is 17.1. The van der Waals surface area contributed by atoms with Crippen LogP contribution in [0.4, 0.5) is 0 Å². The average Bonchev–Trinajstić information content (AvgIpc) is 3.32. The van der Waals surface area contributed by atoms with Gasteiger partial charge in [-0.1, -0.05) is 6.07 Å². The lowest BCUT2D eigenvalue weighted by molar-refractivity contribution is 0.217. The summed E-state index contributed by atoms with van der Waals surface area (Å²) in [7, 11) is 6.90. The Kier molecular flexibility index (Phi) is 6.26. The normalized spacial score (nSPS) is 11.1. The van der Waals surface area contributed by atoms with E-state index in [1.54, 1.807) is 27.6 Å². The fourth-order valence-electron chi connectivity index (χ4n) is 3.24. The van der Waals surface area contributed by atoms with E-state index >= 15 is 0 Å². The summed E-state index contributed by atoms with van der Waals surface area (Å²) in [5.41, 5.74) is 2.13. The minimum atomic E-state index is 0.594. The lowest BCUT2D eigenvalue weighted by Gasteiger charge is -2.24. The molecule has 0 atom stereocenters. The summed E-state index contributed by atoms with van der Waals surface area (Å²) in [6.45, 7) is 4.02. The average molecular weight is 385 g/mol. The molecule has 0 saturated carbocycles. The fourth-order valence-corrected chi connectivity index (χ4v) is 3.24. The highest BCUT2D eigenvalue weighted by Gasteiger charge is 2.19. The van der Waals surface area contributed by atoms with Crippen molar-refractivity contribution in [2.24, 2.45) is 7.05 Å². The van der Waals surface area contributed by atoms with E-state index in [-0.39, 0.29) is 0 Å². The number of imidazole rings is 1. The first kappa shape index (κ1) is 19.8. The molecular weight excluding hydrogens is 358 g/mol. The van der Waals surface area contributed by atoms with Crippen LogP contribution in [0.1, 0.15) is 22.8 Å². The van der Waals surface area contributed by atoms with Crippen LogP contribution in [0.15, 0.2) is 41.1 Å². The van der Waals surface area contributed by atoms with Gasteiger partial charge in [0.2, 0.25) is 5.75 Å². The van der Waals surface area contributed by atoms with Gasteiger partial charge in [-0.3, -0.25) is 4.90 Å². The van der Waals surface area contributed by atoms with Gasteiger partial charge in [0.05, 0.1) is 39.8 Å². The lowest BCUT2D eigenvalue weighted by Crippen LogP contribution is -2.24. The van der Waals surface area contributed by atoms with Crippen LogP contribution in [0.2, 0.25) is 0 Å². The molecule has 0 amide bonds. The number of hydrogen-bond donors (Lipinski definition) is 0. The molecule has 3 rings (SSSR count). The largest absolute Gasteiger partial charge is 0.493 e. The second-order valence-corrected chi connectivity index (χ2v) is 6.57. The Morgan fingerprint density at radius 2 is 1.79 bits per heavy atom. The van der Waals surface area contributed by atoms with Gasteiger partial charge in [0.25, 0.3) is 0 Å². The highest BCUT2D eigenvalue weighted by molar-refractivity contribution is 5.55. The third-order valence-corrected chi connectivity index (χ3v) is 4.84. The molecule has 2 aromatic heterocycles. The maximum atomic E-state index is 5.65. The summed E-state index contributed by atoms with van der Waals surface area (Å²) in [5, 5.41) is 0. The summed E-state index contributed by atoms with van der Waals surface area (Å²) in [6, 6.07) is 7.78. The van der Waals surface area contributed by atoms with E-state index < -0.39 is 0 Å². The van der Waals surface area contributed by atoms with Crippen molar-refractivity contribution in [1.29, 1.82) is 0 Å². The van der Waals surface area contributed by atoms with Gasteiger partial charge in [0.1, 0.15) is 11.6 Å². The summed E-state index contributed by atoms with van der Waals surface area (Å²) < 4.78 is 24.2. The number of aryl methyl sites for hydroxylation is 1. The summed E-state index contributed by atoms with van der Waals surface area (Å²) in [5.74, 6) is 3.79. The molecule has 28 heavy (non-hydrogen) atoms. The number of hydrogen-bond acceptors (Lipinski definition) is 6. The number of methoxy groups -OCH3 is 3. The first-order valence-corrected chi connectivity index (χ1v) is 9.07. The van der Waals surface area contributed by atoms with E-state index in [1.165, 1.54) is 0 Å². The number of rotatable bonds is 9. The summed E-state index contributed by atoms with van der Waals surface area (Å²) >= 11 is 0. The first-order valence-electron chi connectivity index (χ1n) is 9.07. The molecule has 0 fully saturated rings. The number of ether oxygens (including phenoxy) is 3. The topological polar surface area (TPSA) is 61.9 Å². The molecule has 0 unspecified atom stereocenters. The van der Waals surface area contributed by atoms with Crippen LogP contribution < -0.4 is 14.2 Å². The van der Waals surface area contributed by atoms with Crippen LogP contribution in [-0.4, -0.2) is 35.8 Å². The Balaban J connectivity index is 1.91. The second-order valence-electron chi connectivity index (χ2n) is 6.57. The Labute approximate surface area is 165 Å². The Morgan fingerprint density at radius 1 is 1.00 bits per heavy atom. The van der Waals surface area contributed by atoms with E-state index in [9.17, 15) is 0 Å². The van der Waals surface area contributed by atoms with Crippen molar-refractivity contribution in [2.75, 3.05) is 21.3 Å². The zero-order valence-corrected chi connectivity index (χ0v) is 17.1. The Morgan fingerprint density at radius 3 is 2.36 bits per heavy atom. The van der Waals surface area contributed by atoms with Crippen molar-refractivity contribution < 1.29 is 18.6 Å². The molecule has 2 heterocycles.